The second-order valence-corrected chi connectivity index (χ2v) is 3.11. The predicted octanol–water partition coefficient (Wildman–Crippen LogP) is 2.28. The van der Waals surface area contributed by atoms with Gasteiger partial charge in [-0.05, 0) is 22.0 Å². The van der Waals surface area contributed by atoms with Crippen LogP contribution in [0.2, 0.25) is 5.15 Å². The van der Waals surface area contributed by atoms with Crippen molar-refractivity contribution in [3.8, 4) is 0 Å². The monoisotopic (exact) mass is 249 g/mol. The van der Waals surface area contributed by atoms with Crippen LogP contribution in [0, 0.1) is 0 Å². The standard InChI is InChI=1S/C7H5BrClNO2/c1-12-7(11)4-2-3-10-6(9)5(4)8/h2-3H,1H3. The molecule has 0 aromatic carbocycles. The van der Waals surface area contributed by atoms with Crippen LogP contribution in [-0.4, -0.2) is 18.1 Å². The van der Waals surface area contributed by atoms with Gasteiger partial charge in [-0.1, -0.05) is 11.6 Å². The highest BCUT2D eigenvalue weighted by Crippen LogP contribution is 2.24. The normalized spacial score (nSPS) is 9.58. The number of pyridine rings is 1. The molecule has 0 aliphatic rings. The zero-order valence-corrected chi connectivity index (χ0v) is 8.52. The number of nitrogens with zero attached hydrogens (tertiary/aromatic N) is 1. The fourth-order valence-corrected chi connectivity index (χ4v) is 1.24. The lowest BCUT2D eigenvalue weighted by atomic mass is 10.3. The molecule has 64 valence electrons. The molecule has 0 amide bonds. The summed E-state index contributed by atoms with van der Waals surface area (Å²) in [7, 11) is 1.31. The molecule has 0 saturated heterocycles. The first kappa shape index (κ1) is 9.48. The van der Waals surface area contributed by atoms with Crippen molar-refractivity contribution in [3.63, 3.8) is 0 Å². The molecule has 1 aromatic heterocycles. The van der Waals surface area contributed by atoms with E-state index < -0.39 is 5.97 Å². The summed E-state index contributed by atoms with van der Waals surface area (Å²) in [5, 5.41) is 0.248. The first-order chi connectivity index (χ1) is 5.66. The van der Waals surface area contributed by atoms with Gasteiger partial charge in [-0.25, -0.2) is 9.78 Å². The fourth-order valence-electron chi connectivity index (χ4n) is 0.686. The van der Waals surface area contributed by atoms with Crippen LogP contribution in [0.4, 0.5) is 0 Å². The zero-order chi connectivity index (χ0) is 9.14. The van der Waals surface area contributed by atoms with Crippen molar-refractivity contribution in [1.29, 1.82) is 0 Å². The molecule has 1 aromatic rings. The third kappa shape index (κ3) is 1.76. The number of halogens is 2. The molecule has 0 fully saturated rings. The summed E-state index contributed by atoms with van der Waals surface area (Å²) >= 11 is 8.78. The number of methoxy groups -OCH3 is 1. The number of ether oxygens (including phenoxy) is 1. The molecule has 5 heteroatoms. The summed E-state index contributed by atoms with van der Waals surface area (Å²) in [4.78, 5) is 14.8. The Labute approximate surface area is 82.8 Å². The Morgan fingerprint density at radius 2 is 2.42 bits per heavy atom. The Morgan fingerprint density at radius 3 is 3.00 bits per heavy atom. The molecule has 0 bridgehead atoms. The van der Waals surface area contributed by atoms with Crippen molar-refractivity contribution in [2.24, 2.45) is 0 Å². The number of hydrogen-bond acceptors (Lipinski definition) is 3. The highest BCUT2D eigenvalue weighted by Gasteiger charge is 2.12. The van der Waals surface area contributed by atoms with E-state index in [1.165, 1.54) is 19.4 Å². The minimum absolute atomic E-state index is 0.248. The van der Waals surface area contributed by atoms with Crippen LogP contribution in [0.3, 0.4) is 0 Å². The van der Waals surface area contributed by atoms with Crippen LogP contribution in [0.15, 0.2) is 16.7 Å². The summed E-state index contributed by atoms with van der Waals surface area (Å²) in [6.45, 7) is 0. The molecule has 0 spiro atoms. The molecule has 1 rings (SSSR count). The SMILES string of the molecule is COC(=O)c1ccnc(Cl)c1Br. The Balaban J connectivity index is 3.16. The Kier molecular flexibility index (Phi) is 3.05. The summed E-state index contributed by atoms with van der Waals surface area (Å²) in [5.74, 6) is -0.439. The van der Waals surface area contributed by atoms with Gasteiger partial charge in [0.1, 0.15) is 5.15 Å². The molecule has 12 heavy (non-hydrogen) atoms. The molecule has 0 saturated carbocycles. The lowest BCUT2D eigenvalue weighted by Crippen LogP contribution is -2.02. The van der Waals surface area contributed by atoms with E-state index in [1.807, 2.05) is 0 Å². The topological polar surface area (TPSA) is 39.2 Å². The van der Waals surface area contributed by atoms with Crippen LogP contribution in [0.5, 0.6) is 0 Å². The van der Waals surface area contributed by atoms with Gasteiger partial charge in [0.2, 0.25) is 0 Å². The third-order valence-corrected chi connectivity index (χ3v) is 2.57. The number of aromatic nitrogens is 1. The molecular weight excluding hydrogens is 245 g/mol. The first-order valence-electron chi connectivity index (χ1n) is 3.05. The van der Waals surface area contributed by atoms with Crippen LogP contribution < -0.4 is 0 Å². The molecule has 0 aliphatic heterocycles. The second kappa shape index (κ2) is 3.87. The maximum atomic E-state index is 11.0. The van der Waals surface area contributed by atoms with Gasteiger partial charge in [0, 0.05) is 6.20 Å². The van der Waals surface area contributed by atoms with Gasteiger partial charge >= 0.3 is 5.97 Å². The highest BCUT2D eigenvalue weighted by molar-refractivity contribution is 9.10. The minimum Gasteiger partial charge on any atom is -0.465 e. The van der Waals surface area contributed by atoms with Crippen molar-refractivity contribution in [2.75, 3.05) is 7.11 Å². The third-order valence-electron chi connectivity index (χ3n) is 1.25. The molecule has 0 radical (unpaired) electrons. The van der Waals surface area contributed by atoms with Crippen molar-refractivity contribution >= 4 is 33.5 Å². The van der Waals surface area contributed by atoms with Gasteiger partial charge in [-0.15, -0.1) is 0 Å². The number of hydrogen-bond donors (Lipinski definition) is 0. The minimum atomic E-state index is -0.439. The van der Waals surface area contributed by atoms with Crippen molar-refractivity contribution in [3.05, 3.63) is 27.5 Å². The quantitative estimate of drug-likeness (QED) is 0.567. The molecule has 0 unspecified atom stereocenters. The van der Waals surface area contributed by atoms with Gasteiger partial charge in [0.15, 0.2) is 0 Å². The predicted molar refractivity (Wildman–Crippen MR) is 48.3 cm³/mol. The Hall–Kier alpha value is -0.610. The second-order valence-electron chi connectivity index (χ2n) is 1.95. The molecule has 0 aliphatic carbocycles. The molecule has 0 atom stereocenters. The molecule has 0 N–H and O–H groups in total. The number of rotatable bonds is 1. The zero-order valence-electron chi connectivity index (χ0n) is 6.17. The van der Waals surface area contributed by atoms with E-state index in [-0.39, 0.29) is 5.15 Å². The largest absolute Gasteiger partial charge is 0.465 e. The highest BCUT2D eigenvalue weighted by atomic mass is 79.9. The van der Waals surface area contributed by atoms with E-state index in [4.69, 9.17) is 11.6 Å². The molecule has 3 nitrogen and oxygen atoms in total. The Morgan fingerprint density at radius 1 is 1.75 bits per heavy atom. The van der Waals surface area contributed by atoms with Crippen LogP contribution in [0.1, 0.15) is 10.4 Å². The average Bonchev–Trinajstić information content (AvgIpc) is 2.08. The van der Waals surface area contributed by atoms with E-state index >= 15 is 0 Å². The number of carbonyl (C=O) groups excluding carboxylic acids is 1. The van der Waals surface area contributed by atoms with E-state index in [1.54, 1.807) is 0 Å². The van der Waals surface area contributed by atoms with E-state index in [2.05, 4.69) is 25.7 Å². The van der Waals surface area contributed by atoms with Gasteiger partial charge in [0.05, 0.1) is 17.1 Å². The van der Waals surface area contributed by atoms with E-state index in [0.29, 0.717) is 10.0 Å². The smallest absolute Gasteiger partial charge is 0.339 e. The Bertz CT molecular complexity index is 316. The number of carbonyl (C=O) groups is 1. The van der Waals surface area contributed by atoms with Crippen LogP contribution >= 0.6 is 27.5 Å². The van der Waals surface area contributed by atoms with Gasteiger partial charge in [-0.3, -0.25) is 0 Å². The van der Waals surface area contributed by atoms with E-state index in [0.717, 1.165) is 0 Å². The number of esters is 1. The van der Waals surface area contributed by atoms with Crippen LogP contribution in [-0.2, 0) is 4.74 Å². The van der Waals surface area contributed by atoms with Crippen molar-refractivity contribution < 1.29 is 9.53 Å². The van der Waals surface area contributed by atoms with Gasteiger partial charge in [0.25, 0.3) is 0 Å². The lowest BCUT2D eigenvalue weighted by molar-refractivity contribution is 0.0599. The fraction of sp³-hybridized carbons (Fsp3) is 0.143. The first-order valence-corrected chi connectivity index (χ1v) is 4.22. The average molecular weight is 250 g/mol. The summed E-state index contributed by atoms with van der Waals surface area (Å²) < 4.78 is 4.97. The van der Waals surface area contributed by atoms with E-state index in [9.17, 15) is 4.79 Å². The van der Waals surface area contributed by atoms with Gasteiger partial charge < -0.3 is 4.74 Å². The van der Waals surface area contributed by atoms with Crippen LogP contribution in [0.25, 0.3) is 0 Å². The van der Waals surface area contributed by atoms with Crippen molar-refractivity contribution in [2.45, 2.75) is 0 Å². The molecular formula is C7H5BrClNO2. The van der Waals surface area contributed by atoms with Crippen molar-refractivity contribution in [1.82, 2.24) is 4.98 Å². The summed E-state index contributed by atoms with van der Waals surface area (Å²) in [6.07, 6.45) is 1.44. The lowest BCUT2D eigenvalue weighted by Gasteiger charge is -2.01. The molecule has 1 heterocycles. The van der Waals surface area contributed by atoms with Gasteiger partial charge in [-0.2, -0.15) is 0 Å². The maximum absolute atomic E-state index is 11.0. The summed E-state index contributed by atoms with van der Waals surface area (Å²) in [5.41, 5.74) is 0.373. The maximum Gasteiger partial charge on any atom is 0.339 e. The summed E-state index contributed by atoms with van der Waals surface area (Å²) in [6, 6.07) is 1.53.